The Bertz CT molecular complexity index is 1450. The minimum Gasteiger partial charge on any atom is -0.496 e. The quantitative estimate of drug-likeness (QED) is 0.341. The standard InChI is InChI=1S/C27H28Cl2N2O5.C2HF3O2/c1-4-30-24(32)21-22(25(30)33)27(26(34)36-3)11-5-6-12-31(27)23(21)16-7-9-17(20(14-16)35-2)15-8-10-18(28)19(29)13-15;3-2(4,5)1(6)7/h7-10,13-14,21-23H,4-6,11-12H2,1-3H3;(H,6,7)/t21-,22-,23-,27+;/m1./s1. The Balaban J connectivity index is 0.000000541. The molecule has 3 saturated heterocycles. The Labute approximate surface area is 255 Å². The first-order valence-electron chi connectivity index (χ1n) is 13.4. The Morgan fingerprint density at radius 1 is 1.05 bits per heavy atom. The number of piperidine rings is 1. The monoisotopic (exact) mass is 644 g/mol. The zero-order valence-electron chi connectivity index (χ0n) is 23.4. The number of esters is 1. The normalized spacial score (nSPS) is 25.0. The number of aliphatic carboxylic acids is 1. The summed E-state index contributed by atoms with van der Waals surface area (Å²) in [6, 6.07) is 10.7. The van der Waals surface area contributed by atoms with Crippen LogP contribution in [0.2, 0.25) is 10.0 Å². The summed E-state index contributed by atoms with van der Waals surface area (Å²) in [6.07, 6.45) is -2.95. The van der Waals surface area contributed by atoms with Crippen LogP contribution in [-0.2, 0) is 23.9 Å². The van der Waals surface area contributed by atoms with Crippen molar-refractivity contribution in [2.24, 2.45) is 11.8 Å². The molecule has 0 spiro atoms. The summed E-state index contributed by atoms with van der Waals surface area (Å²) < 4.78 is 42.8. The number of carboxylic acids is 1. The Morgan fingerprint density at radius 2 is 1.72 bits per heavy atom. The van der Waals surface area contributed by atoms with E-state index in [1.54, 1.807) is 26.2 Å². The highest BCUT2D eigenvalue weighted by Gasteiger charge is 2.72. The van der Waals surface area contributed by atoms with E-state index in [1.165, 1.54) is 12.0 Å². The lowest BCUT2D eigenvalue weighted by Crippen LogP contribution is -2.59. The SMILES string of the molecule is CCN1C(=O)[C@H]2[C@@H](c3ccc(-c4ccc(Cl)c(Cl)c4)c(OC)c3)N3CCCC[C@@]3(C(=O)OC)[C@H]2C1=O.O=C(O)C(F)(F)F. The van der Waals surface area contributed by atoms with Gasteiger partial charge in [0.25, 0.3) is 0 Å². The first-order chi connectivity index (χ1) is 20.2. The van der Waals surface area contributed by atoms with Gasteiger partial charge in [-0.2, -0.15) is 13.2 Å². The number of fused-ring (bicyclic) bond motifs is 3. The Morgan fingerprint density at radius 3 is 2.28 bits per heavy atom. The van der Waals surface area contributed by atoms with E-state index in [0.29, 0.717) is 28.8 Å². The predicted molar refractivity (Wildman–Crippen MR) is 150 cm³/mol. The van der Waals surface area contributed by atoms with Crippen LogP contribution in [0.15, 0.2) is 36.4 Å². The minimum atomic E-state index is -5.08. The molecule has 3 fully saturated rings. The third-order valence-corrected chi connectivity index (χ3v) is 8.99. The number of ether oxygens (including phenoxy) is 2. The van der Waals surface area contributed by atoms with Gasteiger partial charge in [0.15, 0.2) is 0 Å². The molecular weight excluding hydrogens is 616 g/mol. The molecule has 0 bridgehead atoms. The topological polar surface area (TPSA) is 113 Å². The van der Waals surface area contributed by atoms with Gasteiger partial charge in [0, 0.05) is 18.2 Å². The van der Waals surface area contributed by atoms with E-state index in [0.717, 1.165) is 29.5 Å². The highest BCUT2D eigenvalue weighted by Crippen LogP contribution is 2.58. The lowest BCUT2D eigenvalue weighted by molar-refractivity contribution is -0.192. The van der Waals surface area contributed by atoms with Crippen molar-refractivity contribution < 1.29 is 46.9 Å². The number of hydrogen-bond acceptors (Lipinski definition) is 7. The van der Waals surface area contributed by atoms with Crippen LogP contribution in [0.5, 0.6) is 5.75 Å². The molecule has 3 aliphatic heterocycles. The number of rotatable bonds is 5. The molecule has 1 N–H and O–H groups in total. The van der Waals surface area contributed by atoms with Crippen LogP contribution in [0.3, 0.4) is 0 Å². The molecule has 9 nitrogen and oxygen atoms in total. The van der Waals surface area contributed by atoms with Crippen LogP contribution in [-0.4, -0.2) is 77.7 Å². The second-order valence-electron chi connectivity index (χ2n) is 10.3. The van der Waals surface area contributed by atoms with Gasteiger partial charge in [-0.25, -0.2) is 4.79 Å². The zero-order valence-corrected chi connectivity index (χ0v) is 24.9. The van der Waals surface area contributed by atoms with Gasteiger partial charge in [-0.3, -0.25) is 24.2 Å². The molecule has 0 aromatic heterocycles. The highest BCUT2D eigenvalue weighted by atomic mass is 35.5. The maximum atomic E-state index is 13.6. The number of imide groups is 1. The summed E-state index contributed by atoms with van der Waals surface area (Å²) >= 11 is 12.3. The van der Waals surface area contributed by atoms with E-state index >= 15 is 0 Å². The van der Waals surface area contributed by atoms with Crippen LogP contribution in [0.25, 0.3) is 11.1 Å². The molecule has 43 heavy (non-hydrogen) atoms. The van der Waals surface area contributed by atoms with Gasteiger partial charge in [-0.15, -0.1) is 0 Å². The number of halogens is 5. The molecule has 2 aromatic carbocycles. The van der Waals surface area contributed by atoms with E-state index < -0.39 is 41.5 Å². The molecule has 2 amide bonds. The van der Waals surface area contributed by atoms with Crippen molar-refractivity contribution in [2.75, 3.05) is 27.3 Å². The fourth-order valence-electron chi connectivity index (χ4n) is 6.52. The number of methoxy groups -OCH3 is 2. The number of carbonyl (C=O) groups excluding carboxylic acids is 3. The molecule has 4 atom stereocenters. The first-order valence-corrected chi connectivity index (χ1v) is 14.1. The third-order valence-electron chi connectivity index (χ3n) is 8.25. The molecule has 14 heteroatoms. The van der Waals surface area contributed by atoms with Gasteiger partial charge in [-0.05, 0) is 62.1 Å². The highest BCUT2D eigenvalue weighted by molar-refractivity contribution is 6.42. The van der Waals surface area contributed by atoms with Crippen molar-refractivity contribution in [1.29, 1.82) is 0 Å². The number of benzene rings is 2. The van der Waals surface area contributed by atoms with Crippen LogP contribution in [0, 0.1) is 11.8 Å². The van der Waals surface area contributed by atoms with Gasteiger partial charge >= 0.3 is 18.1 Å². The average molecular weight is 645 g/mol. The van der Waals surface area contributed by atoms with Crippen LogP contribution >= 0.6 is 23.2 Å². The van der Waals surface area contributed by atoms with Gasteiger partial charge in [0.2, 0.25) is 11.8 Å². The lowest BCUT2D eigenvalue weighted by atomic mass is 9.75. The molecular formula is C29H29Cl2F3N2O7. The van der Waals surface area contributed by atoms with E-state index in [2.05, 4.69) is 0 Å². The average Bonchev–Trinajstić information content (AvgIpc) is 3.43. The van der Waals surface area contributed by atoms with Gasteiger partial charge in [0.05, 0.1) is 36.1 Å². The van der Waals surface area contributed by atoms with E-state index in [-0.39, 0.29) is 18.4 Å². The van der Waals surface area contributed by atoms with Crippen molar-refractivity contribution >= 4 is 47.0 Å². The smallest absolute Gasteiger partial charge is 0.490 e. The minimum absolute atomic E-state index is 0.234. The number of hydrogen-bond donors (Lipinski definition) is 1. The summed E-state index contributed by atoms with van der Waals surface area (Å²) in [5.41, 5.74) is 1.31. The van der Waals surface area contributed by atoms with Crippen molar-refractivity contribution in [3.8, 4) is 16.9 Å². The maximum Gasteiger partial charge on any atom is 0.490 e. The molecule has 3 heterocycles. The second kappa shape index (κ2) is 12.3. The van der Waals surface area contributed by atoms with Crippen molar-refractivity contribution in [2.45, 2.75) is 43.9 Å². The van der Waals surface area contributed by atoms with Gasteiger partial charge in [0.1, 0.15) is 11.3 Å². The molecule has 0 saturated carbocycles. The Kier molecular flexibility index (Phi) is 9.34. The van der Waals surface area contributed by atoms with E-state index in [9.17, 15) is 27.6 Å². The van der Waals surface area contributed by atoms with Gasteiger partial charge in [-0.1, -0.05) is 41.4 Å². The largest absolute Gasteiger partial charge is 0.496 e. The lowest BCUT2D eigenvalue weighted by Gasteiger charge is -2.44. The van der Waals surface area contributed by atoms with Crippen LogP contribution in [0.4, 0.5) is 13.2 Å². The molecule has 0 radical (unpaired) electrons. The fourth-order valence-corrected chi connectivity index (χ4v) is 6.82. The summed E-state index contributed by atoms with van der Waals surface area (Å²) in [4.78, 5) is 52.7. The van der Waals surface area contributed by atoms with Crippen LogP contribution < -0.4 is 4.74 Å². The van der Waals surface area contributed by atoms with Crippen molar-refractivity contribution in [1.82, 2.24) is 9.80 Å². The third kappa shape index (κ3) is 5.56. The summed E-state index contributed by atoms with van der Waals surface area (Å²) in [6.45, 7) is 2.65. The van der Waals surface area contributed by atoms with Crippen molar-refractivity contribution in [3.05, 3.63) is 52.0 Å². The first kappa shape index (κ1) is 32.6. The maximum absolute atomic E-state index is 13.6. The molecule has 2 aromatic rings. The van der Waals surface area contributed by atoms with E-state index in [4.69, 9.17) is 42.6 Å². The Hall–Kier alpha value is -3.35. The van der Waals surface area contributed by atoms with Crippen LogP contribution in [0.1, 0.15) is 37.8 Å². The molecule has 3 aliphatic rings. The molecule has 0 aliphatic carbocycles. The van der Waals surface area contributed by atoms with Crippen molar-refractivity contribution in [3.63, 3.8) is 0 Å². The number of carbonyl (C=O) groups is 4. The number of likely N-dealkylation sites (tertiary alicyclic amines) is 1. The number of nitrogens with zero attached hydrogens (tertiary/aromatic N) is 2. The second-order valence-corrected chi connectivity index (χ2v) is 11.1. The molecule has 232 valence electrons. The fraction of sp³-hybridized carbons (Fsp3) is 0.448. The predicted octanol–water partition coefficient (Wildman–Crippen LogP) is 5.38. The summed E-state index contributed by atoms with van der Waals surface area (Å²) in [7, 11) is 2.93. The van der Waals surface area contributed by atoms with Gasteiger partial charge < -0.3 is 14.6 Å². The molecule has 0 unspecified atom stereocenters. The summed E-state index contributed by atoms with van der Waals surface area (Å²) in [5.74, 6) is -4.57. The number of alkyl halides is 3. The summed E-state index contributed by atoms with van der Waals surface area (Å²) in [5, 5.41) is 8.02. The molecule has 5 rings (SSSR count). The van der Waals surface area contributed by atoms with E-state index in [1.807, 2.05) is 29.2 Å². The number of amides is 2. The number of carboxylic acid groups (broad SMARTS) is 1. The zero-order chi connectivity index (χ0) is 31.9.